The highest BCUT2D eigenvalue weighted by molar-refractivity contribution is 5.38. The van der Waals surface area contributed by atoms with Crippen LogP contribution in [0.25, 0.3) is 0 Å². The highest BCUT2D eigenvalue weighted by Gasteiger charge is 2.33. The zero-order valence-electron chi connectivity index (χ0n) is 12.7. The molecule has 3 heteroatoms. The second kappa shape index (κ2) is 5.74. The van der Waals surface area contributed by atoms with Crippen molar-refractivity contribution < 1.29 is 4.74 Å². The maximum absolute atomic E-state index is 6.08. The normalized spacial score (nSPS) is 25.2. The Balaban J connectivity index is 1.62. The minimum atomic E-state index is -0.0837. The van der Waals surface area contributed by atoms with Gasteiger partial charge in [-0.3, -0.25) is 0 Å². The van der Waals surface area contributed by atoms with Gasteiger partial charge in [-0.05, 0) is 45.8 Å². The number of benzene rings is 1. The fraction of sp³-hybridized carbons (Fsp3) is 0.647. The third-order valence-corrected chi connectivity index (χ3v) is 4.39. The molecule has 1 saturated heterocycles. The number of nitrogens with zero attached hydrogens (tertiary/aromatic N) is 1. The number of hydrogen-bond acceptors (Lipinski definition) is 3. The van der Waals surface area contributed by atoms with E-state index >= 15 is 0 Å². The lowest BCUT2D eigenvalue weighted by molar-refractivity contribution is 0.0656. The van der Waals surface area contributed by atoms with Crippen LogP contribution < -0.4 is 10.1 Å². The molecule has 110 valence electrons. The van der Waals surface area contributed by atoms with Crippen molar-refractivity contribution in [2.75, 3.05) is 26.2 Å². The molecule has 1 aromatic rings. The second-order valence-corrected chi connectivity index (χ2v) is 6.66. The number of para-hydroxylation sites is 1. The maximum Gasteiger partial charge on any atom is 0.124 e. The molecule has 2 heterocycles. The maximum atomic E-state index is 6.08. The van der Waals surface area contributed by atoms with Gasteiger partial charge < -0.3 is 15.0 Å². The zero-order chi connectivity index (χ0) is 14.0. The molecule has 0 bridgehead atoms. The lowest BCUT2D eigenvalue weighted by Gasteiger charge is -2.38. The Kier molecular flexibility index (Phi) is 3.99. The highest BCUT2D eigenvalue weighted by Crippen LogP contribution is 2.38. The van der Waals surface area contributed by atoms with E-state index < -0.39 is 0 Å². The number of rotatable bonds is 4. The molecule has 3 nitrogen and oxygen atoms in total. The van der Waals surface area contributed by atoms with Crippen molar-refractivity contribution in [3.05, 3.63) is 29.8 Å². The smallest absolute Gasteiger partial charge is 0.124 e. The van der Waals surface area contributed by atoms with Gasteiger partial charge in [0.05, 0.1) is 0 Å². The van der Waals surface area contributed by atoms with Gasteiger partial charge in [-0.2, -0.15) is 0 Å². The number of hydrogen-bond donors (Lipinski definition) is 1. The van der Waals surface area contributed by atoms with Crippen LogP contribution in [0.5, 0.6) is 5.75 Å². The Morgan fingerprint density at radius 2 is 2.00 bits per heavy atom. The lowest BCUT2D eigenvalue weighted by Crippen LogP contribution is -2.41. The number of likely N-dealkylation sites (tertiary alicyclic amines) is 1. The van der Waals surface area contributed by atoms with E-state index in [0.717, 1.165) is 18.7 Å². The lowest BCUT2D eigenvalue weighted by atomic mass is 9.90. The van der Waals surface area contributed by atoms with E-state index in [2.05, 4.69) is 48.3 Å². The molecule has 0 saturated carbocycles. The summed E-state index contributed by atoms with van der Waals surface area (Å²) in [5.74, 6) is 1.04. The van der Waals surface area contributed by atoms with E-state index in [1.165, 1.54) is 38.0 Å². The fourth-order valence-corrected chi connectivity index (χ4v) is 3.39. The van der Waals surface area contributed by atoms with Crippen molar-refractivity contribution in [1.29, 1.82) is 0 Å². The second-order valence-electron chi connectivity index (χ2n) is 6.66. The summed E-state index contributed by atoms with van der Waals surface area (Å²) in [6.45, 7) is 9.14. The largest absolute Gasteiger partial charge is 0.487 e. The van der Waals surface area contributed by atoms with Gasteiger partial charge in [-0.15, -0.1) is 0 Å². The standard InChI is InChI=1S/C17H26N2O/c1-17(2)13-15(14-7-3-4-8-16(14)20-17)18-9-12-19-10-5-6-11-19/h3-4,7-8,15,18H,5-6,9-13H2,1-2H3. The van der Waals surface area contributed by atoms with Crippen LogP contribution in [0.1, 0.15) is 44.7 Å². The molecule has 0 aromatic heterocycles. The van der Waals surface area contributed by atoms with Gasteiger partial charge in [0.25, 0.3) is 0 Å². The van der Waals surface area contributed by atoms with Crippen LogP contribution in [-0.2, 0) is 0 Å². The Morgan fingerprint density at radius 1 is 1.25 bits per heavy atom. The van der Waals surface area contributed by atoms with E-state index in [1.807, 2.05) is 0 Å². The summed E-state index contributed by atoms with van der Waals surface area (Å²) in [4.78, 5) is 2.56. The SMILES string of the molecule is CC1(C)CC(NCCN2CCCC2)c2ccccc2O1. The van der Waals surface area contributed by atoms with E-state index in [0.29, 0.717) is 6.04 Å². The molecule has 1 aromatic carbocycles. The van der Waals surface area contributed by atoms with Gasteiger partial charge in [0.15, 0.2) is 0 Å². The average molecular weight is 274 g/mol. The third kappa shape index (κ3) is 3.15. The molecule has 2 aliphatic heterocycles. The Bertz CT molecular complexity index is 452. The van der Waals surface area contributed by atoms with Gasteiger partial charge >= 0.3 is 0 Å². The number of nitrogens with one attached hydrogen (secondary N) is 1. The molecule has 1 atom stereocenters. The summed E-state index contributed by atoms with van der Waals surface area (Å²) in [5.41, 5.74) is 1.23. The van der Waals surface area contributed by atoms with Crippen LogP contribution in [-0.4, -0.2) is 36.7 Å². The van der Waals surface area contributed by atoms with Crippen molar-refractivity contribution in [3.63, 3.8) is 0 Å². The number of ether oxygens (including phenoxy) is 1. The summed E-state index contributed by atoms with van der Waals surface area (Å²) in [5, 5.41) is 3.74. The van der Waals surface area contributed by atoms with E-state index in [9.17, 15) is 0 Å². The Hall–Kier alpha value is -1.06. The van der Waals surface area contributed by atoms with Gasteiger partial charge in [-0.25, -0.2) is 0 Å². The predicted molar refractivity (Wildman–Crippen MR) is 82.2 cm³/mol. The van der Waals surface area contributed by atoms with Crippen LogP contribution >= 0.6 is 0 Å². The highest BCUT2D eigenvalue weighted by atomic mass is 16.5. The summed E-state index contributed by atoms with van der Waals surface area (Å²) in [7, 11) is 0. The first-order valence-corrected chi connectivity index (χ1v) is 7.88. The van der Waals surface area contributed by atoms with Crippen LogP contribution in [0, 0.1) is 0 Å². The summed E-state index contributed by atoms with van der Waals surface area (Å²) in [6.07, 6.45) is 3.77. The molecule has 0 amide bonds. The number of fused-ring (bicyclic) bond motifs is 1. The summed E-state index contributed by atoms with van der Waals surface area (Å²) >= 11 is 0. The van der Waals surface area contributed by atoms with Gasteiger partial charge in [-0.1, -0.05) is 18.2 Å². The first-order valence-electron chi connectivity index (χ1n) is 7.88. The van der Waals surface area contributed by atoms with Crippen molar-refractivity contribution in [2.45, 2.75) is 44.8 Å². The van der Waals surface area contributed by atoms with Crippen LogP contribution in [0.15, 0.2) is 24.3 Å². The minimum Gasteiger partial charge on any atom is -0.487 e. The van der Waals surface area contributed by atoms with E-state index in [1.54, 1.807) is 0 Å². The third-order valence-electron chi connectivity index (χ3n) is 4.39. The topological polar surface area (TPSA) is 24.5 Å². The summed E-state index contributed by atoms with van der Waals surface area (Å²) < 4.78 is 6.08. The Labute approximate surface area is 122 Å². The summed E-state index contributed by atoms with van der Waals surface area (Å²) in [6, 6.07) is 8.86. The first kappa shape index (κ1) is 13.9. The molecular weight excluding hydrogens is 248 g/mol. The zero-order valence-corrected chi connectivity index (χ0v) is 12.7. The molecule has 1 N–H and O–H groups in total. The minimum absolute atomic E-state index is 0.0837. The molecule has 2 aliphatic rings. The first-order chi connectivity index (χ1) is 9.64. The molecule has 1 fully saturated rings. The fourth-order valence-electron chi connectivity index (χ4n) is 3.39. The molecule has 0 spiro atoms. The van der Waals surface area contributed by atoms with Gasteiger partial charge in [0.1, 0.15) is 11.4 Å². The molecule has 20 heavy (non-hydrogen) atoms. The molecule has 1 unspecified atom stereocenters. The van der Waals surface area contributed by atoms with Crippen LogP contribution in [0.3, 0.4) is 0 Å². The van der Waals surface area contributed by atoms with Gasteiger partial charge in [0.2, 0.25) is 0 Å². The van der Waals surface area contributed by atoms with Crippen molar-refractivity contribution in [1.82, 2.24) is 10.2 Å². The molecular formula is C17H26N2O. The average Bonchev–Trinajstić information content (AvgIpc) is 2.90. The molecule has 3 rings (SSSR count). The van der Waals surface area contributed by atoms with Gasteiger partial charge in [0, 0.05) is 31.1 Å². The monoisotopic (exact) mass is 274 g/mol. The predicted octanol–water partition coefficient (Wildman–Crippen LogP) is 2.97. The Morgan fingerprint density at radius 3 is 2.80 bits per heavy atom. The van der Waals surface area contributed by atoms with Crippen LogP contribution in [0.2, 0.25) is 0 Å². The van der Waals surface area contributed by atoms with Crippen LogP contribution in [0.4, 0.5) is 0 Å². The molecule has 0 radical (unpaired) electrons. The van der Waals surface area contributed by atoms with E-state index in [4.69, 9.17) is 4.74 Å². The van der Waals surface area contributed by atoms with E-state index in [-0.39, 0.29) is 5.60 Å². The van der Waals surface area contributed by atoms with Crippen molar-refractivity contribution in [2.24, 2.45) is 0 Å². The van der Waals surface area contributed by atoms with Crippen molar-refractivity contribution in [3.8, 4) is 5.75 Å². The quantitative estimate of drug-likeness (QED) is 0.913. The van der Waals surface area contributed by atoms with Crippen molar-refractivity contribution >= 4 is 0 Å². The molecule has 0 aliphatic carbocycles.